The molecule has 0 N–H and O–H groups in total. The first-order valence-electron chi connectivity index (χ1n) is 9.67. The van der Waals surface area contributed by atoms with Gasteiger partial charge in [-0.1, -0.05) is 6.07 Å². The van der Waals surface area contributed by atoms with Crippen LogP contribution in [0.5, 0.6) is 11.8 Å². The minimum Gasteiger partial charge on any atom is -0.481 e. The Bertz CT molecular complexity index is 829. The van der Waals surface area contributed by atoms with Gasteiger partial charge in [0, 0.05) is 24.7 Å². The monoisotopic (exact) mass is 409 g/mol. The fourth-order valence-corrected chi connectivity index (χ4v) is 3.84. The molecule has 3 heterocycles. The number of methoxy groups -OCH3 is 2. The lowest BCUT2D eigenvalue weighted by Gasteiger charge is -2.36. The van der Waals surface area contributed by atoms with Crippen LogP contribution in [0.25, 0.3) is 0 Å². The van der Waals surface area contributed by atoms with Gasteiger partial charge in [-0.25, -0.2) is 9.97 Å². The third-order valence-corrected chi connectivity index (χ3v) is 5.37. The molecule has 5 nitrogen and oxygen atoms in total. The van der Waals surface area contributed by atoms with Gasteiger partial charge in [0.25, 0.3) is 0 Å². The summed E-state index contributed by atoms with van der Waals surface area (Å²) in [6.45, 7) is 3.83. The number of nitrogens with zero attached hydrogens (tertiary/aromatic N) is 3. The predicted molar refractivity (Wildman–Crippen MR) is 103 cm³/mol. The van der Waals surface area contributed by atoms with E-state index in [1.807, 2.05) is 18.2 Å². The van der Waals surface area contributed by atoms with E-state index in [1.54, 1.807) is 13.2 Å². The summed E-state index contributed by atoms with van der Waals surface area (Å²) in [6.07, 6.45) is -1.97. The van der Waals surface area contributed by atoms with Gasteiger partial charge in [0.1, 0.15) is 5.69 Å². The van der Waals surface area contributed by atoms with Crippen molar-refractivity contribution in [2.24, 2.45) is 5.92 Å². The van der Waals surface area contributed by atoms with Crippen molar-refractivity contribution in [3.63, 3.8) is 0 Å². The van der Waals surface area contributed by atoms with Gasteiger partial charge in [-0.3, -0.25) is 4.90 Å². The van der Waals surface area contributed by atoms with Crippen molar-refractivity contribution < 1.29 is 22.6 Å². The molecule has 1 saturated heterocycles. The quantitative estimate of drug-likeness (QED) is 0.702. The van der Waals surface area contributed by atoms with Crippen LogP contribution in [-0.2, 0) is 12.6 Å². The third kappa shape index (κ3) is 5.38. The third-order valence-electron chi connectivity index (χ3n) is 5.37. The maximum Gasteiger partial charge on any atom is 0.433 e. The van der Waals surface area contributed by atoms with E-state index in [9.17, 15) is 13.2 Å². The minimum absolute atomic E-state index is 0.00330. The minimum atomic E-state index is -4.49. The Hall–Kier alpha value is -2.35. The van der Waals surface area contributed by atoms with Crippen LogP contribution in [0.2, 0.25) is 0 Å². The van der Waals surface area contributed by atoms with Crippen molar-refractivity contribution in [2.45, 2.75) is 38.4 Å². The number of halogens is 3. The van der Waals surface area contributed by atoms with Crippen molar-refractivity contribution in [1.82, 2.24) is 14.9 Å². The van der Waals surface area contributed by atoms with Crippen LogP contribution in [0, 0.1) is 5.92 Å². The largest absolute Gasteiger partial charge is 0.481 e. The number of likely N-dealkylation sites (tertiary alicyclic amines) is 1. The summed E-state index contributed by atoms with van der Waals surface area (Å²) >= 11 is 0. The molecule has 1 aliphatic heterocycles. The highest BCUT2D eigenvalue weighted by Gasteiger charge is 2.34. The van der Waals surface area contributed by atoms with E-state index < -0.39 is 11.9 Å². The van der Waals surface area contributed by atoms with Crippen molar-refractivity contribution in [1.29, 1.82) is 0 Å². The van der Waals surface area contributed by atoms with E-state index in [0.29, 0.717) is 17.9 Å². The molecule has 0 amide bonds. The first-order valence-corrected chi connectivity index (χ1v) is 9.67. The number of hydrogen-bond acceptors (Lipinski definition) is 5. The molecule has 2 aromatic heterocycles. The smallest absolute Gasteiger partial charge is 0.433 e. The van der Waals surface area contributed by atoms with Crippen molar-refractivity contribution >= 4 is 0 Å². The van der Waals surface area contributed by atoms with E-state index in [0.717, 1.165) is 37.7 Å². The second-order valence-corrected chi connectivity index (χ2v) is 7.39. The molecule has 0 aromatic carbocycles. The Morgan fingerprint density at radius 1 is 1.14 bits per heavy atom. The van der Waals surface area contributed by atoms with Crippen LogP contribution in [-0.4, -0.2) is 42.2 Å². The summed E-state index contributed by atoms with van der Waals surface area (Å²) in [7, 11) is 2.92. The molecule has 0 aliphatic carbocycles. The van der Waals surface area contributed by atoms with Crippen LogP contribution in [0.4, 0.5) is 13.2 Å². The molecule has 0 spiro atoms. The van der Waals surface area contributed by atoms with Crippen LogP contribution in [0.15, 0.2) is 30.3 Å². The molecule has 2 aromatic rings. The lowest BCUT2D eigenvalue weighted by molar-refractivity contribution is -0.141. The zero-order chi connectivity index (χ0) is 21.0. The number of hydrogen-bond donors (Lipinski definition) is 0. The van der Waals surface area contributed by atoms with Gasteiger partial charge in [-0.2, -0.15) is 13.2 Å². The van der Waals surface area contributed by atoms with E-state index in [4.69, 9.17) is 9.47 Å². The molecule has 2 atom stereocenters. The number of alkyl halides is 3. The van der Waals surface area contributed by atoms with Crippen LogP contribution < -0.4 is 9.47 Å². The zero-order valence-corrected chi connectivity index (χ0v) is 16.9. The highest BCUT2D eigenvalue weighted by Crippen LogP contribution is 2.32. The average Bonchev–Trinajstić information content (AvgIpc) is 2.72. The molecule has 3 rings (SSSR count). The summed E-state index contributed by atoms with van der Waals surface area (Å²) in [6, 6.07) is 8.53. The zero-order valence-electron chi connectivity index (χ0n) is 16.9. The van der Waals surface area contributed by atoms with Gasteiger partial charge < -0.3 is 9.47 Å². The summed E-state index contributed by atoms with van der Waals surface area (Å²) in [5, 5.41) is 0. The Morgan fingerprint density at radius 3 is 2.59 bits per heavy atom. The SMILES string of the molecule is COc1cccc(C(C)N2CCC[C@H](Cc3cc(OC)nc(C(F)(F)F)c3)C2)n1. The van der Waals surface area contributed by atoms with E-state index in [-0.39, 0.29) is 17.8 Å². The molecule has 8 heteroatoms. The molecule has 1 unspecified atom stereocenters. The first-order chi connectivity index (χ1) is 13.8. The van der Waals surface area contributed by atoms with Gasteiger partial charge in [-0.15, -0.1) is 0 Å². The van der Waals surface area contributed by atoms with Crippen LogP contribution in [0.3, 0.4) is 0 Å². The average molecular weight is 409 g/mol. The van der Waals surface area contributed by atoms with Gasteiger partial charge >= 0.3 is 6.18 Å². The fraction of sp³-hybridized carbons (Fsp3) is 0.524. The standard InChI is InChI=1S/C21H26F3N3O2/c1-14(17-7-4-8-19(25-17)28-2)27-9-5-6-15(13-27)10-16-11-18(21(22,23)24)26-20(12-16)29-3/h4,7-8,11-12,14-15H,5-6,9-10,13H2,1-3H3/t14?,15-/m1/s1. The lowest BCUT2D eigenvalue weighted by Crippen LogP contribution is -2.38. The Labute approximate surface area is 168 Å². The van der Waals surface area contributed by atoms with Crippen LogP contribution >= 0.6 is 0 Å². The van der Waals surface area contributed by atoms with E-state index in [1.165, 1.54) is 7.11 Å². The molecule has 158 valence electrons. The number of piperidine rings is 1. The maximum atomic E-state index is 13.1. The molecule has 1 aliphatic rings. The van der Waals surface area contributed by atoms with Gasteiger partial charge in [-0.05, 0) is 56.3 Å². The summed E-state index contributed by atoms with van der Waals surface area (Å²) in [4.78, 5) is 10.4. The highest BCUT2D eigenvalue weighted by atomic mass is 19.4. The molecule has 0 bridgehead atoms. The number of ether oxygens (including phenoxy) is 2. The first kappa shape index (κ1) is 21.4. The van der Waals surface area contributed by atoms with E-state index >= 15 is 0 Å². The maximum absolute atomic E-state index is 13.1. The Morgan fingerprint density at radius 2 is 1.90 bits per heavy atom. The number of aromatic nitrogens is 2. The van der Waals surface area contributed by atoms with Crippen LogP contribution in [0.1, 0.15) is 42.8 Å². The van der Waals surface area contributed by atoms with Gasteiger partial charge in [0.15, 0.2) is 0 Å². The molecule has 0 saturated carbocycles. The predicted octanol–water partition coefficient (Wildman–Crippen LogP) is 4.53. The lowest BCUT2D eigenvalue weighted by atomic mass is 9.90. The molecule has 1 fully saturated rings. The van der Waals surface area contributed by atoms with Gasteiger partial charge in [0.2, 0.25) is 11.8 Å². The number of pyridine rings is 2. The van der Waals surface area contributed by atoms with Crippen molar-refractivity contribution in [3.05, 3.63) is 47.3 Å². The molecular weight excluding hydrogens is 383 g/mol. The topological polar surface area (TPSA) is 47.5 Å². The second kappa shape index (κ2) is 8.98. The highest BCUT2D eigenvalue weighted by molar-refractivity contribution is 5.27. The summed E-state index contributed by atoms with van der Waals surface area (Å²) < 4.78 is 49.6. The molecule has 0 radical (unpaired) electrons. The normalized spacial score (nSPS) is 19.0. The summed E-state index contributed by atoms with van der Waals surface area (Å²) in [5.41, 5.74) is 0.617. The van der Waals surface area contributed by atoms with Crippen molar-refractivity contribution in [3.8, 4) is 11.8 Å². The Balaban J connectivity index is 1.72. The molecular formula is C21H26F3N3O2. The fourth-order valence-electron chi connectivity index (χ4n) is 3.84. The Kier molecular flexibility index (Phi) is 6.62. The summed E-state index contributed by atoms with van der Waals surface area (Å²) in [5.74, 6) is 0.827. The van der Waals surface area contributed by atoms with E-state index in [2.05, 4.69) is 21.8 Å². The molecule has 29 heavy (non-hydrogen) atoms. The number of rotatable bonds is 6. The van der Waals surface area contributed by atoms with Gasteiger partial charge in [0.05, 0.1) is 19.9 Å². The second-order valence-electron chi connectivity index (χ2n) is 7.39. The van der Waals surface area contributed by atoms with Crippen molar-refractivity contribution in [2.75, 3.05) is 27.3 Å².